The van der Waals surface area contributed by atoms with Crippen LogP contribution in [-0.4, -0.2) is 228 Å². The molecule has 2 heterocycles. The highest BCUT2D eigenvalue weighted by atomic mass is 32.2. The molecule has 37 nitrogen and oxygen atoms in total. The number of carbonyl (C=O) groups excluding carboxylic acids is 13. The Hall–Kier alpha value is -10.4. The second-order valence-corrected chi connectivity index (χ2v) is 26.6. The number of primary amides is 1. The molecule has 0 saturated carbocycles. The maximum absolute atomic E-state index is 15.0. The minimum Gasteiger partial charge on any atom is -0.508 e. The molecule has 0 unspecified atom stereocenters. The van der Waals surface area contributed by atoms with Crippen molar-refractivity contribution in [3.63, 3.8) is 0 Å². The molecule has 13 amide bonds. The molecule has 2 aliphatic rings. The Balaban J connectivity index is 1.83. The normalized spacial score (nSPS) is 23.3. The van der Waals surface area contributed by atoms with Crippen molar-refractivity contribution in [3.8, 4) is 5.75 Å². The van der Waals surface area contributed by atoms with Gasteiger partial charge in [-0.3, -0.25) is 77.1 Å². The van der Waals surface area contributed by atoms with E-state index < -0.39 is 168 Å². The minimum atomic E-state index is -1.91. The van der Waals surface area contributed by atoms with E-state index in [1.807, 2.05) is 0 Å². The van der Waals surface area contributed by atoms with Crippen LogP contribution >= 0.6 is 11.8 Å². The summed E-state index contributed by atoms with van der Waals surface area (Å²) in [5.41, 5.74) is 40.6. The fourth-order valence-electron chi connectivity index (χ4n) is 11.2. The summed E-state index contributed by atoms with van der Waals surface area (Å²) in [7, 11) is 0. The SMILES string of the molecule is CC(C)C[C@@H]1NC(=O)[C@H](Cc2ccc(O)cc2)NC(=O)CSC[C@@H](C(N)=O)NC(=O)CNC(=O)CNC(=O)[C@H](CCCN=C(N)N)NC(=O)[C@H](CC(=O)O)NC(=O)[C@H](CCCCN)NC(=O)[C@@H]2CCCN2C(=O)[C@H](CCCCN)NC(=O)[C@H](Cc2ccccc2)NC(=O)[C@H](CCCN=C(N)N)NC1=O. The third-order valence-electron chi connectivity index (χ3n) is 16.5. The lowest BCUT2D eigenvalue weighted by atomic mass is 10.00. The number of aliphatic carboxylic acids is 1. The second kappa shape index (κ2) is 45.6. The molecule has 0 spiro atoms. The van der Waals surface area contributed by atoms with E-state index in [9.17, 15) is 72.5 Å². The smallest absolute Gasteiger partial charge is 0.305 e. The largest absolute Gasteiger partial charge is 0.508 e. The molecule has 2 saturated heterocycles. The number of nitrogens with two attached hydrogens (primary N) is 7. The van der Waals surface area contributed by atoms with E-state index >= 15 is 4.79 Å². The highest BCUT2D eigenvalue weighted by Gasteiger charge is 2.41. The van der Waals surface area contributed by atoms with Gasteiger partial charge < -0.3 is 114 Å². The highest BCUT2D eigenvalue weighted by molar-refractivity contribution is 8.00. The Morgan fingerprint density at radius 3 is 1.53 bits per heavy atom. The van der Waals surface area contributed by atoms with Gasteiger partial charge in [-0.25, -0.2) is 0 Å². The molecule has 2 fully saturated rings. The van der Waals surface area contributed by atoms with Gasteiger partial charge in [0.25, 0.3) is 0 Å². The Kier molecular flexibility index (Phi) is 37.7. The van der Waals surface area contributed by atoms with E-state index in [2.05, 4.69) is 68.5 Å². The number of benzene rings is 2. The average Bonchev–Trinajstić information content (AvgIpc) is 1.62. The monoisotopic (exact) mass is 1480 g/mol. The molecule has 0 bridgehead atoms. The zero-order valence-corrected chi connectivity index (χ0v) is 59.4. The number of nitrogens with one attached hydrogen (secondary N) is 11. The van der Waals surface area contributed by atoms with E-state index in [0.717, 1.165) is 11.8 Å². The number of amides is 13. The van der Waals surface area contributed by atoms with Gasteiger partial charge in [0, 0.05) is 38.2 Å². The zero-order valence-electron chi connectivity index (χ0n) is 58.6. The standard InChI is InChI=1S/C66H103N21O16S/c1-37(2)29-45-59(98)81-43(18-11-27-75-66(72)73)58(97)85-47(30-38-13-4-3-5-14-38)61(100)83-44(16-7-9-25-68)64(103)87-28-12-19-50(87)63(102)82-42(15-6-8-24-67)57(96)86-48(32-54(92)93)62(101)80-41(17-10-26-74-65(70)71)56(95)77-33-51(89)76-34-52(90)79-49(55(69)94)35-104-36-53(91)78-46(60(99)84-45)31-39-20-22-40(88)23-21-39/h3-5,13-14,20-23,37,41-50,88H,6-12,15-19,24-36,67-68H2,1-2H3,(H2,69,94)(H,76,89)(H,77,95)(H,78,91)(H,79,90)(H,80,101)(H,81,98)(H,82,102)(H,83,100)(H,84,99)(H,85,97)(H,86,96)(H,92,93)(H4,70,71,74)(H4,72,73,75)/t41-,42-,43-,44-,45-,46-,47-,48-,49-,50-/m0/s1. The Bertz CT molecular complexity index is 3310. The highest BCUT2D eigenvalue weighted by Crippen LogP contribution is 2.22. The van der Waals surface area contributed by atoms with Crippen LogP contribution in [0.4, 0.5) is 0 Å². The lowest BCUT2D eigenvalue weighted by molar-refractivity contribution is -0.143. The number of nitrogens with zero attached hydrogens (tertiary/aromatic N) is 3. The summed E-state index contributed by atoms with van der Waals surface area (Å²) in [6.45, 7) is 2.25. The van der Waals surface area contributed by atoms with Crippen LogP contribution in [0.5, 0.6) is 5.75 Å². The third-order valence-corrected chi connectivity index (χ3v) is 17.5. The lowest BCUT2D eigenvalue weighted by Crippen LogP contribution is -2.60. The maximum atomic E-state index is 15.0. The first-order valence-electron chi connectivity index (χ1n) is 34.5. The summed E-state index contributed by atoms with van der Waals surface area (Å²) >= 11 is 0.817. The number of unbranched alkanes of at least 4 members (excludes halogenated alkanes) is 2. The summed E-state index contributed by atoms with van der Waals surface area (Å²) in [6, 6.07) is -0.445. The number of thioether (sulfide) groups is 1. The first-order chi connectivity index (χ1) is 49.5. The molecule has 104 heavy (non-hydrogen) atoms. The molecule has 574 valence electrons. The van der Waals surface area contributed by atoms with Crippen LogP contribution in [0.15, 0.2) is 64.6 Å². The van der Waals surface area contributed by atoms with Gasteiger partial charge in [0.15, 0.2) is 11.9 Å². The van der Waals surface area contributed by atoms with Crippen LogP contribution in [0.25, 0.3) is 0 Å². The molecule has 2 aliphatic heterocycles. The fourth-order valence-corrected chi connectivity index (χ4v) is 12.0. The van der Waals surface area contributed by atoms with Crippen molar-refractivity contribution in [3.05, 3.63) is 65.7 Å². The van der Waals surface area contributed by atoms with Crippen molar-refractivity contribution in [1.29, 1.82) is 0 Å². The fraction of sp³-hybridized carbons (Fsp3) is 0.576. The minimum absolute atomic E-state index is 0.00290. The number of aliphatic imine (C=N–C) groups is 2. The number of rotatable bonds is 25. The second-order valence-electron chi connectivity index (χ2n) is 25.5. The summed E-state index contributed by atoms with van der Waals surface area (Å²) < 4.78 is 0. The molecular formula is C66H103N21O16S. The van der Waals surface area contributed by atoms with Gasteiger partial charge in [-0.1, -0.05) is 56.3 Å². The van der Waals surface area contributed by atoms with Gasteiger partial charge in [-0.2, -0.15) is 0 Å². The van der Waals surface area contributed by atoms with Crippen molar-refractivity contribution in [2.24, 2.45) is 56.0 Å². The van der Waals surface area contributed by atoms with Crippen LogP contribution < -0.4 is 98.6 Å². The first-order valence-corrected chi connectivity index (χ1v) is 35.6. The van der Waals surface area contributed by atoms with Crippen LogP contribution in [-0.2, 0) is 80.0 Å². The number of carboxylic acids is 1. The molecule has 0 aliphatic carbocycles. The molecular weight excluding hydrogens is 1370 g/mol. The van der Waals surface area contributed by atoms with E-state index in [0.29, 0.717) is 30.4 Å². The zero-order chi connectivity index (χ0) is 76.8. The third kappa shape index (κ3) is 31.9. The van der Waals surface area contributed by atoms with Crippen molar-refractivity contribution >= 4 is 106 Å². The van der Waals surface area contributed by atoms with Gasteiger partial charge in [-0.05, 0) is 126 Å². The number of carboxylic acid groups (broad SMARTS) is 1. The van der Waals surface area contributed by atoms with E-state index in [4.69, 9.17) is 40.1 Å². The van der Waals surface area contributed by atoms with Gasteiger partial charge in [-0.15, -0.1) is 11.8 Å². The predicted octanol–water partition coefficient (Wildman–Crippen LogP) is -6.12. The summed E-state index contributed by atoms with van der Waals surface area (Å²) in [6.07, 6.45) is -0.157. The van der Waals surface area contributed by atoms with Gasteiger partial charge >= 0.3 is 5.97 Å². The molecule has 38 heteroatoms. The number of phenolic OH excluding ortho intramolecular Hbond substituents is 1. The van der Waals surface area contributed by atoms with Crippen molar-refractivity contribution in [2.45, 2.75) is 177 Å². The van der Waals surface area contributed by atoms with Crippen LogP contribution in [0, 0.1) is 5.92 Å². The van der Waals surface area contributed by atoms with Crippen LogP contribution in [0.3, 0.4) is 0 Å². The summed E-state index contributed by atoms with van der Waals surface area (Å²) in [4.78, 5) is 205. The number of hydrogen-bond acceptors (Lipinski definition) is 20. The van der Waals surface area contributed by atoms with Crippen LogP contribution in [0.1, 0.15) is 115 Å². The van der Waals surface area contributed by atoms with E-state index in [1.54, 1.807) is 44.2 Å². The van der Waals surface area contributed by atoms with E-state index in [-0.39, 0.29) is 139 Å². The van der Waals surface area contributed by atoms with Crippen molar-refractivity contribution < 1.29 is 77.3 Å². The Labute approximate surface area is 606 Å². The first kappa shape index (κ1) is 86.0. The lowest BCUT2D eigenvalue weighted by Gasteiger charge is -2.31. The number of fused-ring (bicyclic) bond motifs is 1. The van der Waals surface area contributed by atoms with Gasteiger partial charge in [0.1, 0.15) is 66.2 Å². The van der Waals surface area contributed by atoms with Gasteiger partial charge in [0.2, 0.25) is 76.8 Å². The summed E-state index contributed by atoms with van der Waals surface area (Å²) in [5.74, 6) is -15.2. The Morgan fingerprint density at radius 2 is 0.981 bits per heavy atom. The van der Waals surface area contributed by atoms with Crippen molar-refractivity contribution in [1.82, 2.24) is 63.4 Å². The molecule has 4 rings (SSSR count). The predicted molar refractivity (Wildman–Crippen MR) is 384 cm³/mol. The van der Waals surface area contributed by atoms with Crippen LogP contribution in [0.2, 0.25) is 0 Å². The number of carbonyl (C=O) groups is 14. The molecule has 0 aromatic heterocycles. The van der Waals surface area contributed by atoms with Gasteiger partial charge in [0.05, 0.1) is 25.3 Å². The molecule has 27 N–H and O–H groups in total. The molecule has 0 radical (unpaired) electrons. The Morgan fingerprint density at radius 1 is 0.519 bits per heavy atom. The number of phenols is 1. The quantitative estimate of drug-likeness (QED) is 0.0250. The summed E-state index contributed by atoms with van der Waals surface area (Å²) in [5, 5.41) is 48.2. The molecule has 2 aromatic carbocycles. The van der Waals surface area contributed by atoms with E-state index in [1.165, 1.54) is 29.2 Å². The maximum Gasteiger partial charge on any atom is 0.305 e. The average molecular weight is 1480 g/mol. The number of aromatic hydroxyl groups is 1. The van der Waals surface area contributed by atoms with Crippen molar-refractivity contribution in [2.75, 3.05) is 57.3 Å². The molecule has 10 atom stereocenters. The number of guanidine groups is 2. The number of hydrogen-bond donors (Lipinski definition) is 20. The topological polar surface area (TPSA) is 622 Å². The molecule has 2 aromatic rings.